The fourth-order valence-corrected chi connectivity index (χ4v) is 2.21. The normalized spacial score (nSPS) is 10.4. The standard InChI is InChI=1S/C12H19NS/c1-2-8-14-9-4-6-11-5-3-7-12(13)10-11/h3,5,7,10H,2,4,6,8-9,13H2,1H3. The maximum Gasteiger partial charge on any atom is 0.0316 e. The first-order chi connectivity index (χ1) is 6.83. The lowest BCUT2D eigenvalue weighted by molar-refractivity contribution is 0.932. The van der Waals surface area contributed by atoms with Crippen LogP contribution in [0.5, 0.6) is 0 Å². The van der Waals surface area contributed by atoms with Crippen LogP contribution >= 0.6 is 11.8 Å². The minimum absolute atomic E-state index is 0.878. The average Bonchev–Trinajstić information content (AvgIpc) is 2.18. The number of thioether (sulfide) groups is 1. The van der Waals surface area contributed by atoms with Gasteiger partial charge in [-0.1, -0.05) is 19.1 Å². The van der Waals surface area contributed by atoms with E-state index in [0.717, 1.165) is 12.1 Å². The van der Waals surface area contributed by atoms with Crippen molar-refractivity contribution in [2.24, 2.45) is 0 Å². The van der Waals surface area contributed by atoms with Gasteiger partial charge in [0.25, 0.3) is 0 Å². The maximum absolute atomic E-state index is 5.71. The molecule has 0 fully saturated rings. The molecule has 0 aliphatic heterocycles. The number of anilines is 1. The molecule has 2 heteroatoms. The Balaban J connectivity index is 2.18. The van der Waals surface area contributed by atoms with Gasteiger partial charge >= 0.3 is 0 Å². The van der Waals surface area contributed by atoms with E-state index < -0.39 is 0 Å². The first-order valence-electron chi connectivity index (χ1n) is 5.25. The quantitative estimate of drug-likeness (QED) is 0.574. The van der Waals surface area contributed by atoms with Gasteiger partial charge in [-0.2, -0.15) is 11.8 Å². The van der Waals surface area contributed by atoms with Crippen LogP contribution in [0.4, 0.5) is 5.69 Å². The molecular formula is C12H19NS. The smallest absolute Gasteiger partial charge is 0.0316 e. The summed E-state index contributed by atoms with van der Waals surface area (Å²) in [6.07, 6.45) is 3.69. The molecule has 2 N–H and O–H groups in total. The van der Waals surface area contributed by atoms with Gasteiger partial charge in [0.2, 0.25) is 0 Å². The fraction of sp³-hybridized carbons (Fsp3) is 0.500. The van der Waals surface area contributed by atoms with E-state index in [1.807, 2.05) is 23.9 Å². The highest BCUT2D eigenvalue weighted by atomic mass is 32.2. The van der Waals surface area contributed by atoms with Crippen LogP contribution in [0.25, 0.3) is 0 Å². The van der Waals surface area contributed by atoms with Gasteiger partial charge in [0.05, 0.1) is 0 Å². The van der Waals surface area contributed by atoms with Crippen molar-refractivity contribution in [3.05, 3.63) is 29.8 Å². The van der Waals surface area contributed by atoms with Crippen LogP contribution in [0, 0.1) is 0 Å². The van der Waals surface area contributed by atoms with Gasteiger partial charge in [-0.05, 0) is 48.5 Å². The largest absolute Gasteiger partial charge is 0.399 e. The van der Waals surface area contributed by atoms with Crippen LogP contribution in [0.1, 0.15) is 25.3 Å². The molecule has 0 unspecified atom stereocenters. The molecule has 0 aliphatic rings. The van der Waals surface area contributed by atoms with Crippen LogP contribution in [-0.4, -0.2) is 11.5 Å². The average molecular weight is 209 g/mol. The van der Waals surface area contributed by atoms with E-state index in [1.165, 1.54) is 29.9 Å². The molecular weight excluding hydrogens is 190 g/mol. The second-order valence-electron chi connectivity index (χ2n) is 3.46. The Morgan fingerprint density at radius 2 is 2.14 bits per heavy atom. The summed E-state index contributed by atoms with van der Waals surface area (Å²) in [6, 6.07) is 8.20. The summed E-state index contributed by atoms with van der Waals surface area (Å²) in [5.41, 5.74) is 7.95. The van der Waals surface area contributed by atoms with E-state index in [-0.39, 0.29) is 0 Å². The molecule has 1 aromatic carbocycles. The number of aryl methyl sites for hydroxylation is 1. The second-order valence-corrected chi connectivity index (χ2v) is 4.69. The number of nitrogen functional groups attached to an aromatic ring is 1. The minimum atomic E-state index is 0.878. The third kappa shape index (κ3) is 4.56. The lowest BCUT2D eigenvalue weighted by atomic mass is 10.1. The van der Waals surface area contributed by atoms with Gasteiger partial charge < -0.3 is 5.73 Å². The molecule has 0 aromatic heterocycles. The Labute approximate surface area is 91.1 Å². The molecule has 0 atom stereocenters. The number of nitrogens with two attached hydrogens (primary N) is 1. The summed E-state index contributed by atoms with van der Waals surface area (Å²) < 4.78 is 0. The molecule has 0 saturated carbocycles. The SMILES string of the molecule is CCCSCCCc1cccc(N)c1. The first-order valence-corrected chi connectivity index (χ1v) is 6.40. The van der Waals surface area contributed by atoms with Crippen molar-refractivity contribution in [2.45, 2.75) is 26.2 Å². The zero-order valence-corrected chi connectivity index (χ0v) is 9.65. The van der Waals surface area contributed by atoms with E-state index in [4.69, 9.17) is 5.73 Å². The van der Waals surface area contributed by atoms with E-state index in [9.17, 15) is 0 Å². The molecule has 0 bridgehead atoms. The highest BCUT2D eigenvalue weighted by Crippen LogP contribution is 2.11. The molecule has 0 radical (unpaired) electrons. The molecule has 78 valence electrons. The molecule has 0 saturated heterocycles. The predicted molar refractivity (Wildman–Crippen MR) is 66.8 cm³/mol. The zero-order valence-electron chi connectivity index (χ0n) is 8.83. The molecule has 0 amide bonds. The molecule has 1 nitrogen and oxygen atoms in total. The van der Waals surface area contributed by atoms with Gasteiger partial charge in [-0.15, -0.1) is 0 Å². The summed E-state index contributed by atoms with van der Waals surface area (Å²) in [5, 5.41) is 0. The topological polar surface area (TPSA) is 26.0 Å². The number of hydrogen-bond acceptors (Lipinski definition) is 2. The highest BCUT2D eigenvalue weighted by Gasteiger charge is 1.94. The van der Waals surface area contributed by atoms with Crippen molar-refractivity contribution in [3.63, 3.8) is 0 Å². The molecule has 0 spiro atoms. The Bertz CT molecular complexity index is 260. The van der Waals surface area contributed by atoms with Crippen molar-refractivity contribution in [3.8, 4) is 0 Å². The minimum Gasteiger partial charge on any atom is -0.399 e. The summed E-state index contributed by atoms with van der Waals surface area (Å²) >= 11 is 2.05. The van der Waals surface area contributed by atoms with Crippen LogP contribution in [0.15, 0.2) is 24.3 Å². The predicted octanol–water partition coefficient (Wildman–Crippen LogP) is 3.34. The summed E-state index contributed by atoms with van der Waals surface area (Å²) in [7, 11) is 0. The van der Waals surface area contributed by atoms with Crippen molar-refractivity contribution in [1.82, 2.24) is 0 Å². The molecule has 1 aromatic rings. The van der Waals surface area contributed by atoms with Crippen molar-refractivity contribution < 1.29 is 0 Å². The fourth-order valence-electron chi connectivity index (χ4n) is 1.37. The van der Waals surface area contributed by atoms with Crippen molar-refractivity contribution in [2.75, 3.05) is 17.2 Å². The Kier molecular flexibility index (Phi) is 5.53. The molecule has 0 heterocycles. The van der Waals surface area contributed by atoms with Crippen molar-refractivity contribution >= 4 is 17.4 Å². The monoisotopic (exact) mass is 209 g/mol. The third-order valence-corrected chi connectivity index (χ3v) is 3.33. The second kappa shape index (κ2) is 6.77. The maximum atomic E-state index is 5.71. The third-order valence-electron chi connectivity index (χ3n) is 2.05. The first kappa shape index (κ1) is 11.4. The van der Waals surface area contributed by atoms with E-state index in [0.29, 0.717) is 0 Å². The van der Waals surface area contributed by atoms with Crippen LogP contribution in [0.2, 0.25) is 0 Å². The van der Waals surface area contributed by atoms with Gasteiger partial charge in [-0.3, -0.25) is 0 Å². The Hall–Kier alpha value is -0.630. The Morgan fingerprint density at radius 1 is 1.29 bits per heavy atom. The lowest BCUT2D eigenvalue weighted by Gasteiger charge is -2.02. The number of benzene rings is 1. The molecule has 1 rings (SSSR count). The van der Waals surface area contributed by atoms with Gasteiger partial charge in [0.15, 0.2) is 0 Å². The van der Waals surface area contributed by atoms with E-state index >= 15 is 0 Å². The van der Waals surface area contributed by atoms with Crippen LogP contribution in [0.3, 0.4) is 0 Å². The van der Waals surface area contributed by atoms with Crippen LogP contribution < -0.4 is 5.73 Å². The molecule has 0 aliphatic carbocycles. The summed E-state index contributed by atoms with van der Waals surface area (Å²) in [5.74, 6) is 2.56. The van der Waals surface area contributed by atoms with Gasteiger partial charge in [0, 0.05) is 5.69 Å². The van der Waals surface area contributed by atoms with Gasteiger partial charge in [0.1, 0.15) is 0 Å². The lowest BCUT2D eigenvalue weighted by Crippen LogP contribution is -1.91. The summed E-state index contributed by atoms with van der Waals surface area (Å²) in [4.78, 5) is 0. The molecule has 14 heavy (non-hydrogen) atoms. The van der Waals surface area contributed by atoms with E-state index in [2.05, 4.69) is 19.1 Å². The van der Waals surface area contributed by atoms with Crippen molar-refractivity contribution in [1.29, 1.82) is 0 Å². The highest BCUT2D eigenvalue weighted by molar-refractivity contribution is 7.99. The summed E-state index contributed by atoms with van der Waals surface area (Å²) in [6.45, 7) is 2.23. The van der Waals surface area contributed by atoms with Crippen LogP contribution in [-0.2, 0) is 6.42 Å². The number of rotatable bonds is 6. The van der Waals surface area contributed by atoms with Gasteiger partial charge in [-0.25, -0.2) is 0 Å². The zero-order chi connectivity index (χ0) is 10.2. The number of hydrogen-bond donors (Lipinski definition) is 1. The van der Waals surface area contributed by atoms with E-state index in [1.54, 1.807) is 0 Å². The Morgan fingerprint density at radius 3 is 2.86 bits per heavy atom.